The van der Waals surface area contributed by atoms with Gasteiger partial charge in [-0.15, -0.1) is 0 Å². The molecule has 114 valence electrons. The third-order valence-corrected chi connectivity index (χ3v) is 3.59. The first kappa shape index (κ1) is 15.3. The van der Waals surface area contributed by atoms with Crippen LogP contribution in [-0.2, 0) is 7.05 Å². The van der Waals surface area contributed by atoms with E-state index in [0.717, 1.165) is 29.1 Å². The van der Waals surface area contributed by atoms with Gasteiger partial charge in [0.05, 0.1) is 11.4 Å². The third kappa shape index (κ3) is 3.32. The van der Waals surface area contributed by atoms with Crippen molar-refractivity contribution in [2.24, 2.45) is 13.0 Å². The molecule has 0 aliphatic heterocycles. The minimum Gasteiger partial charge on any atom is -0.351 e. The zero-order valence-corrected chi connectivity index (χ0v) is 13.3. The number of nitrogens with zero attached hydrogens (tertiary/aromatic N) is 3. The third-order valence-electron chi connectivity index (χ3n) is 3.59. The molecule has 0 aromatic carbocycles. The number of carbonyl (C=O) groups is 1. The molecular formula is C15H23N5O. The maximum absolute atomic E-state index is 12.0. The van der Waals surface area contributed by atoms with E-state index in [4.69, 9.17) is 0 Å². The molecule has 21 heavy (non-hydrogen) atoms. The number of rotatable bonds is 5. The van der Waals surface area contributed by atoms with E-state index < -0.39 is 0 Å². The predicted molar refractivity (Wildman–Crippen MR) is 82.1 cm³/mol. The van der Waals surface area contributed by atoms with E-state index in [1.54, 1.807) is 6.07 Å². The summed E-state index contributed by atoms with van der Waals surface area (Å²) in [6.07, 6.45) is 0.966. The zero-order valence-electron chi connectivity index (χ0n) is 13.3. The largest absolute Gasteiger partial charge is 0.351 e. The van der Waals surface area contributed by atoms with Gasteiger partial charge in [0.1, 0.15) is 5.69 Å². The van der Waals surface area contributed by atoms with E-state index in [1.807, 2.05) is 25.6 Å². The topological polar surface area (TPSA) is 75.6 Å². The average Bonchev–Trinajstić information content (AvgIpc) is 2.95. The van der Waals surface area contributed by atoms with Crippen molar-refractivity contribution in [1.29, 1.82) is 0 Å². The standard InChI is InChI=1S/C15H23N5O/c1-9(2)6-7-16-15(21)13-8-12(17-18-13)14-10(3)19-20(5)11(14)4/h8-9H,6-7H2,1-5H3,(H,16,21)(H,17,18). The lowest BCUT2D eigenvalue weighted by Gasteiger charge is -2.05. The van der Waals surface area contributed by atoms with Crippen LogP contribution in [0.3, 0.4) is 0 Å². The maximum Gasteiger partial charge on any atom is 0.269 e. The van der Waals surface area contributed by atoms with Crippen LogP contribution >= 0.6 is 0 Å². The van der Waals surface area contributed by atoms with Crippen LogP contribution in [0.1, 0.15) is 42.1 Å². The van der Waals surface area contributed by atoms with Gasteiger partial charge in [-0.1, -0.05) is 13.8 Å². The zero-order chi connectivity index (χ0) is 15.6. The molecule has 0 radical (unpaired) electrons. The fourth-order valence-electron chi connectivity index (χ4n) is 2.28. The molecule has 0 saturated carbocycles. The van der Waals surface area contributed by atoms with E-state index in [-0.39, 0.29) is 5.91 Å². The number of aromatic amines is 1. The van der Waals surface area contributed by atoms with Crippen molar-refractivity contribution in [3.63, 3.8) is 0 Å². The summed E-state index contributed by atoms with van der Waals surface area (Å²) >= 11 is 0. The fraction of sp³-hybridized carbons (Fsp3) is 0.533. The monoisotopic (exact) mass is 289 g/mol. The molecule has 1 amide bonds. The van der Waals surface area contributed by atoms with Gasteiger partial charge < -0.3 is 5.32 Å². The Bertz CT molecular complexity index is 639. The second-order valence-electron chi connectivity index (χ2n) is 5.77. The van der Waals surface area contributed by atoms with E-state index in [0.29, 0.717) is 18.2 Å². The molecule has 0 bridgehead atoms. The SMILES string of the molecule is Cc1nn(C)c(C)c1-c1cc(C(=O)NCCC(C)C)[nH]n1. The summed E-state index contributed by atoms with van der Waals surface area (Å²) < 4.78 is 1.82. The number of H-pyrrole nitrogens is 1. The molecule has 0 spiro atoms. The second-order valence-corrected chi connectivity index (χ2v) is 5.77. The number of carbonyl (C=O) groups excluding carboxylic acids is 1. The first-order valence-electron chi connectivity index (χ1n) is 7.24. The van der Waals surface area contributed by atoms with Crippen molar-refractivity contribution in [3.8, 4) is 11.3 Å². The Morgan fingerprint density at radius 1 is 1.43 bits per heavy atom. The molecule has 0 saturated heterocycles. The molecule has 2 rings (SSSR count). The maximum atomic E-state index is 12.0. The minimum absolute atomic E-state index is 0.117. The molecule has 0 fully saturated rings. The minimum atomic E-state index is -0.117. The van der Waals surface area contributed by atoms with Gasteiger partial charge in [0.15, 0.2) is 0 Å². The molecule has 2 N–H and O–H groups in total. The van der Waals surface area contributed by atoms with Crippen LogP contribution in [0.5, 0.6) is 0 Å². The summed E-state index contributed by atoms with van der Waals surface area (Å²) in [7, 11) is 1.90. The Morgan fingerprint density at radius 2 is 2.14 bits per heavy atom. The molecule has 2 aromatic heterocycles. The lowest BCUT2D eigenvalue weighted by Crippen LogP contribution is -2.25. The Balaban J connectivity index is 2.13. The van der Waals surface area contributed by atoms with Crippen LogP contribution in [0.4, 0.5) is 0 Å². The Hall–Kier alpha value is -2.11. The molecule has 0 unspecified atom stereocenters. The molecule has 0 atom stereocenters. The number of nitrogens with one attached hydrogen (secondary N) is 2. The fourth-order valence-corrected chi connectivity index (χ4v) is 2.28. The highest BCUT2D eigenvalue weighted by molar-refractivity contribution is 5.93. The van der Waals surface area contributed by atoms with Crippen LogP contribution in [0.2, 0.25) is 0 Å². The Labute approximate surface area is 124 Å². The van der Waals surface area contributed by atoms with E-state index in [2.05, 4.69) is 34.5 Å². The molecular weight excluding hydrogens is 266 g/mol. The van der Waals surface area contributed by atoms with Crippen molar-refractivity contribution >= 4 is 5.91 Å². The van der Waals surface area contributed by atoms with Crippen LogP contribution in [0.25, 0.3) is 11.3 Å². The molecule has 6 heteroatoms. The number of amides is 1. The summed E-state index contributed by atoms with van der Waals surface area (Å²) in [5.41, 5.74) is 4.16. The lowest BCUT2D eigenvalue weighted by atomic mass is 10.1. The normalized spacial score (nSPS) is 11.1. The molecule has 2 heterocycles. The Kier molecular flexibility index (Phi) is 4.45. The van der Waals surface area contributed by atoms with Crippen molar-refractivity contribution in [3.05, 3.63) is 23.1 Å². The average molecular weight is 289 g/mol. The summed E-state index contributed by atoms with van der Waals surface area (Å²) in [4.78, 5) is 12.0. The number of aromatic nitrogens is 4. The predicted octanol–water partition coefficient (Wildman–Crippen LogP) is 2.20. The molecule has 2 aromatic rings. The van der Waals surface area contributed by atoms with Gasteiger partial charge in [-0.05, 0) is 32.3 Å². The van der Waals surface area contributed by atoms with E-state index >= 15 is 0 Å². The van der Waals surface area contributed by atoms with E-state index in [9.17, 15) is 4.79 Å². The summed E-state index contributed by atoms with van der Waals surface area (Å²) in [5.74, 6) is 0.455. The van der Waals surface area contributed by atoms with Gasteiger partial charge in [0, 0.05) is 24.8 Å². The van der Waals surface area contributed by atoms with Crippen molar-refractivity contribution in [2.45, 2.75) is 34.1 Å². The Morgan fingerprint density at radius 3 is 2.71 bits per heavy atom. The van der Waals surface area contributed by atoms with Gasteiger partial charge >= 0.3 is 0 Å². The lowest BCUT2D eigenvalue weighted by molar-refractivity contribution is 0.0947. The van der Waals surface area contributed by atoms with E-state index in [1.165, 1.54) is 0 Å². The van der Waals surface area contributed by atoms with Gasteiger partial charge in [-0.25, -0.2) is 0 Å². The van der Waals surface area contributed by atoms with Crippen LogP contribution in [0, 0.1) is 19.8 Å². The highest BCUT2D eigenvalue weighted by Crippen LogP contribution is 2.25. The van der Waals surface area contributed by atoms with Gasteiger partial charge in [0.25, 0.3) is 5.91 Å². The molecule has 0 aliphatic rings. The van der Waals surface area contributed by atoms with Crippen LogP contribution < -0.4 is 5.32 Å². The first-order valence-corrected chi connectivity index (χ1v) is 7.24. The number of aryl methyl sites for hydroxylation is 2. The molecule has 6 nitrogen and oxygen atoms in total. The van der Waals surface area contributed by atoms with Crippen molar-refractivity contribution in [1.82, 2.24) is 25.3 Å². The molecule has 0 aliphatic carbocycles. The number of hydrogen-bond acceptors (Lipinski definition) is 3. The number of hydrogen-bond donors (Lipinski definition) is 2. The van der Waals surface area contributed by atoms with Gasteiger partial charge in [0.2, 0.25) is 0 Å². The highest BCUT2D eigenvalue weighted by atomic mass is 16.1. The van der Waals surface area contributed by atoms with Gasteiger partial charge in [-0.2, -0.15) is 10.2 Å². The summed E-state index contributed by atoms with van der Waals surface area (Å²) in [5, 5.41) is 14.3. The van der Waals surface area contributed by atoms with Crippen molar-refractivity contribution < 1.29 is 4.79 Å². The second kappa shape index (κ2) is 6.11. The quantitative estimate of drug-likeness (QED) is 0.886. The first-order chi connectivity index (χ1) is 9.90. The smallest absolute Gasteiger partial charge is 0.269 e. The van der Waals surface area contributed by atoms with Crippen LogP contribution in [0.15, 0.2) is 6.07 Å². The highest BCUT2D eigenvalue weighted by Gasteiger charge is 2.16. The van der Waals surface area contributed by atoms with Crippen molar-refractivity contribution in [2.75, 3.05) is 6.54 Å². The van der Waals surface area contributed by atoms with Crippen LogP contribution in [-0.4, -0.2) is 32.4 Å². The summed E-state index contributed by atoms with van der Waals surface area (Å²) in [6, 6.07) is 1.78. The summed E-state index contributed by atoms with van der Waals surface area (Å²) in [6.45, 7) is 8.88. The van der Waals surface area contributed by atoms with Gasteiger partial charge in [-0.3, -0.25) is 14.6 Å².